The maximum absolute atomic E-state index is 10.7. The van der Waals surface area contributed by atoms with Gasteiger partial charge in [0.15, 0.2) is 0 Å². The number of phenols is 1. The molecule has 0 radical (unpaired) electrons. The molecule has 1 aromatic carbocycles. The molecule has 8 heteroatoms. The van der Waals surface area contributed by atoms with Crippen molar-refractivity contribution in [1.82, 2.24) is 4.98 Å². The van der Waals surface area contributed by atoms with E-state index in [0.717, 1.165) is 11.8 Å². The molecular formula is C13H9N4O3S-. The number of phenolic OH excluding ortho intramolecular Hbond substituents is 1. The van der Waals surface area contributed by atoms with E-state index in [4.69, 9.17) is 5.41 Å². The Morgan fingerprint density at radius 2 is 2.38 bits per heavy atom. The van der Waals surface area contributed by atoms with Gasteiger partial charge >= 0.3 is 0 Å². The van der Waals surface area contributed by atoms with Gasteiger partial charge in [0.1, 0.15) is 16.4 Å². The lowest BCUT2D eigenvalue weighted by Crippen LogP contribution is -1.88. The summed E-state index contributed by atoms with van der Waals surface area (Å²) in [6, 6.07) is 3.49. The summed E-state index contributed by atoms with van der Waals surface area (Å²) in [7, 11) is 0. The third-order valence-corrected chi connectivity index (χ3v) is 3.47. The largest absolute Gasteiger partial charge is 0.763 e. The van der Waals surface area contributed by atoms with Crippen molar-refractivity contribution in [2.45, 2.75) is 6.92 Å². The second-order valence-corrected chi connectivity index (χ2v) is 4.87. The van der Waals surface area contributed by atoms with Crippen LogP contribution in [0.1, 0.15) is 10.7 Å². The summed E-state index contributed by atoms with van der Waals surface area (Å²) in [5.41, 5.74) is 0.835. The zero-order valence-corrected chi connectivity index (χ0v) is 11.7. The van der Waals surface area contributed by atoms with Gasteiger partial charge in [-0.25, -0.2) is 4.98 Å². The predicted molar refractivity (Wildman–Crippen MR) is 81.5 cm³/mol. The standard InChI is InChI=1S/C13H9N4O3S/c1-8-7-21-13(16-8)9(5-14)6-15-11-4-10(17(19)20)2-3-12(11)18/h2-4,6-7,18H,1H3/q-1. The van der Waals surface area contributed by atoms with Crippen molar-refractivity contribution in [3.05, 3.63) is 49.8 Å². The van der Waals surface area contributed by atoms with Gasteiger partial charge in [-0.15, -0.1) is 11.3 Å². The molecule has 0 atom stereocenters. The summed E-state index contributed by atoms with van der Waals surface area (Å²) in [6.07, 6.45) is 1.23. The molecule has 2 aromatic rings. The highest BCUT2D eigenvalue weighted by atomic mass is 32.1. The first-order valence-electron chi connectivity index (χ1n) is 5.72. The minimum absolute atomic E-state index is 0.0187. The molecule has 0 amide bonds. The summed E-state index contributed by atoms with van der Waals surface area (Å²) in [5, 5.41) is 31.7. The zero-order valence-electron chi connectivity index (χ0n) is 10.8. The summed E-state index contributed by atoms with van der Waals surface area (Å²) < 4.78 is 0. The van der Waals surface area contributed by atoms with Gasteiger partial charge in [-0.2, -0.15) is 0 Å². The van der Waals surface area contributed by atoms with Crippen LogP contribution in [0.5, 0.6) is 5.75 Å². The zero-order chi connectivity index (χ0) is 15.4. The second-order valence-electron chi connectivity index (χ2n) is 4.01. The highest BCUT2D eigenvalue weighted by molar-refractivity contribution is 7.11. The Bertz CT molecular complexity index is 775. The van der Waals surface area contributed by atoms with Crippen LogP contribution >= 0.6 is 11.3 Å². The number of nitro benzene ring substituents is 1. The van der Waals surface area contributed by atoms with Crippen LogP contribution < -0.4 is 0 Å². The van der Waals surface area contributed by atoms with Crippen LogP contribution in [0.4, 0.5) is 11.4 Å². The molecule has 0 aliphatic heterocycles. The monoisotopic (exact) mass is 301 g/mol. The summed E-state index contributed by atoms with van der Waals surface area (Å²) in [6.45, 7) is 1.80. The molecule has 0 fully saturated rings. The number of thiazole rings is 1. The fraction of sp³-hybridized carbons (Fsp3) is 0.0769. The van der Waals surface area contributed by atoms with E-state index in [9.17, 15) is 15.2 Å². The minimum Gasteiger partial charge on any atom is -0.763 e. The lowest BCUT2D eigenvalue weighted by molar-refractivity contribution is -0.384. The number of benzene rings is 1. The number of hydrogen-bond donors (Lipinski definition) is 1. The maximum Gasteiger partial charge on any atom is 0.271 e. The van der Waals surface area contributed by atoms with Gasteiger partial charge in [0, 0.05) is 35.0 Å². The second kappa shape index (κ2) is 6.08. The SMILES string of the molecule is Cc1csc(C(=C=[N-])C=Nc2cc([N+](=O)[O-])ccc2O)n1. The van der Waals surface area contributed by atoms with Gasteiger partial charge in [0.2, 0.25) is 0 Å². The third-order valence-electron chi connectivity index (χ3n) is 2.47. The first-order valence-corrected chi connectivity index (χ1v) is 6.60. The Morgan fingerprint density at radius 1 is 1.62 bits per heavy atom. The highest BCUT2D eigenvalue weighted by Gasteiger charge is 2.09. The average molecular weight is 301 g/mol. The number of nitro groups is 1. The van der Waals surface area contributed by atoms with Crippen molar-refractivity contribution in [3.8, 4) is 5.75 Å². The maximum atomic E-state index is 10.7. The van der Waals surface area contributed by atoms with E-state index < -0.39 is 4.92 Å². The number of hydrogen-bond acceptors (Lipinski definition) is 6. The molecule has 0 saturated heterocycles. The molecule has 0 saturated carbocycles. The van der Waals surface area contributed by atoms with E-state index >= 15 is 0 Å². The topological polar surface area (TPSA) is 111 Å². The molecule has 1 aromatic heterocycles. The van der Waals surface area contributed by atoms with Gasteiger partial charge in [-0.05, 0) is 13.0 Å². The number of allylic oxidation sites excluding steroid dienone is 1. The molecule has 0 unspecified atom stereocenters. The van der Waals surface area contributed by atoms with Crippen molar-refractivity contribution in [2.24, 2.45) is 4.99 Å². The number of rotatable bonds is 4. The molecule has 0 aliphatic rings. The molecular weight excluding hydrogens is 292 g/mol. The predicted octanol–water partition coefficient (Wildman–Crippen LogP) is 3.09. The lowest BCUT2D eigenvalue weighted by Gasteiger charge is -1.99. The van der Waals surface area contributed by atoms with Gasteiger partial charge in [-0.1, -0.05) is 0 Å². The van der Waals surface area contributed by atoms with E-state index in [1.54, 1.807) is 12.3 Å². The molecule has 0 bridgehead atoms. The van der Waals surface area contributed by atoms with Crippen molar-refractivity contribution < 1.29 is 10.0 Å². The Balaban J connectivity index is 2.34. The first kappa shape index (κ1) is 14.6. The van der Waals surface area contributed by atoms with E-state index in [0.29, 0.717) is 5.01 Å². The molecule has 1 N–H and O–H groups in total. The summed E-state index contributed by atoms with van der Waals surface area (Å²) in [4.78, 5) is 18.2. The molecule has 106 valence electrons. The molecule has 21 heavy (non-hydrogen) atoms. The summed E-state index contributed by atoms with van der Waals surface area (Å²) in [5.74, 6) is 1.75. The van der Waals surface area contributed by atoms with Crippen LogP contribution in [0.25, 0.3) is 11.0 Å². The Morgan fingerprint density at radius 3 is 2.95 bits per heavy atom. The molecule has 2 rings (SSSR count). The Hall–Kier alpha value is -2.83. The normalized spacial score (nSPS) is 10.5. The molecule has 1 heterocycles. The fourth-order valence-electron chi connectivity index (χ4n) is 1.47. The fourth-order valence-corrected chi connectivity index (χ4v) is 2.23. The van der Waals surface area contributed by atoms with Crippen LogP contribution in [0.2, 0.25) is 0 Å². The third kappa shape index (κ3) is 3.38. The smallest absolute Gasteiger partial charge is 0.271 e. The van der Waals surface area contributed by atoms with Gasteiger partial charge < -0.3 is 10.5 Å². The Kier molecular flexibility index (Phi) is 4.22. The van der Waals surface area contributed by atoms with Crippen LogP contribution in [0.3, 0.4) is 0 Å². The minimum atomic E-state index is -0.586. The van der Waals surface area contributed by atoms with Crippen LogP contribution in [0.15, 0.2) is 28.6 Å². The summed E-state index contributed by atoms with van der Waals surface area (Å²) >= 11 is 1.30. The van der Waals surface area contributed by atoms with E-state index in [-0.39, 0.29) is 22.7 Å². The van der Waals surface area contributed by atoms with E-state index in [1.165, 1.54) is 29.7 Å². The van der Waals surface area contributed by atoms with Gasteiger partial charge in [0.25, 0.3) is 5.69 Å². The van der Waals surface area contributed by atoms with Gasteiger partial charge in [0.05, 0.1) is 4.92 Å². The number of nitrogens with zero attached hydrogens (tertiary/aromatic N) is 4. The van der Waals surface area contributed by atoms with Crippen molar-refractivity contribution in [3.63, 3.8) is 0 Å². The molecule has 0 spiro atoms. The van der Waals surface area contributed by atoms with Crippen LogP contribution in [-0.4, -0.2) is 27.1 Å². The average Bonchev–Trinajstić information content (AvgIpc) is 2.87. The van der Waals surface area contributed by atoms with E-state index in [2.05, 4.69) is 9.98 Å². The molecule has 0 aliphatic carbocycles. The highest BCUT2D eigenvalue weighted by Crippen LogP contribution is 2.30. The van der Waals surface area contributed by atoms with E-state index in [1.807, 2.05) is 5.87 Å². The van der Waals surface area contributed by atoms with Crippen molar-refractivity contribution in [1.29, 1.82) is 0 Å². The van der Waals surface area contributed by atoms with Crippen molar-refractivity contribution >= 4 is 40.4 Å². The Labute approximate surface area is 123 Å². The van der Waals surface area contributed by atoms with Crippen molar-refractivity contribution in [2.75, 3.05) is 0 Å². The number of non-ortho nitro benzene ring substituents is 1. The van der Waals surface area contributed by atoms with Crippen LogP contribution in [-0.2, 0) is 0 Å². The first-order chi connectivity index (χ1) is 10.0. The lowest BCUT2D eigenvalue weighted by atomic mass is 10.2. The number of aromatic hydroxyl groups is 1. The van der Waals surface area contributed by atoms with Gasteiger partial charge in [-0.3, -0.25) is 21.0 Å². The van der Waals surface area contributed by atoms with Crippen LogP contribution in [0, 0.1) is 17.0 Å². The quantitative estimate of drug-likeness (QED) is 0.531. The number of aliphatic imine (C=N–C) groups is 1. The number of aromatic nitrogens is 1. The molecule has 7 nitrogen and oxygen atoms in total. The number of aryl methyl sites for hydroxylation is 1.